The standard InChI is InChI=1S/F16O3Te3Xe/c1-20(2,3,4,5)17-23(16,18-21(6,7,8,9)10)19-22(11,12,13,14)15. The molecule has 156 valence electrons. The molecule has 0 radical (unpaired) electrons. The first-order valence-corrected chi connectivity index (χ1v) is 22.7. The third-order valence-corrected chi connectivity index (χ3v) is 24.5. The normalized spacial score (nSPS) is 28.0. The molecular weight excluding hydrogens is 866 g/mol. The molecule has 23 heavy (non-hydrogen) atoms. The molecule has 0 fully saturated rings. The van der Waals surface area contributed by atoms with Crippen LogP contribution >= 0.6 is 0 Å². The number of hydrogen-bond acceptors (Lipinski definition) is 3. The van der Waals surface area contributed by atoms with E-state index < -0.39 is 98.5 Å². The molecule has 0 saturated carbocycles. The zero-order chi connectivity index (χ0) is 19.8. The predicted molar refractivity (Wildman–Crippen MR) is 38.2 cm³/mol. The second-order valence-electron chi connectivity index (χ2n) is 3.21. The van der Waals surface area contributed by atoms with E-state index in [0.29, 0.717) is -4.74 Å². The van der Waals surface area contributed by atoms with Crippen molar-refractivity contribution in [2.45, 2.75) is 0 Å². The first-order valence-electron chi connectivity index (χ1n) is 3.38. The molecule has 0 aliphatic carbocycles. The van der Waals surface area contributed by atoms with Crippen molar-refractivity contribution in [3.05, 3.63) is 0 Å². The summed E-state index contributed by atoms with van der Waals surface area (Å²) in [5.74, 6) is 0. The van der Waals surface area contributed by atoms with Crippen LogP contribution in [-0.2, 0) is -4.74 Å². The Morgan fingerprint density at radius 1 is 0.391 bits per heavy atom. The van der Waals surface area contributed by atoms with Crippen LogP contribution in [0.1, 0.15) is 0 Å². The van der Waals surface area contributed by atoms with Gasteiger partial charge in [0, 0.05) is 0 Å². The maximum absolute atomic E-state index is 13.1. The summed E-state index contributed by atoms with van der Waals surface area (Å²) in [7, 11) is 0. The van der Waals surface area contributed by atoms with Crippen LogP contribution in [0.4, 0.5) is 43.5 Å². The topological polar surface area (TPSA) is 27.7 Å². The predicted octanol–water partition coefficient (Wildman–Crippen LogP) is 5.38. The van der Waals surface area contributed by atoms with E-state index in [2.05, 4.69) is 0 Å². The average Bonchev–Trinajstić information content (AvgIpc) is 1.49. The Morgan fingerprint density at radius 3 is 0.609 bits per heavy atom. The van der Waals surface area contributed by atoms with Gasteiger partial charge in [0.05, 0.1) is 0 Å². The van der Waals surface area contributed by atoms with Crippen LogP contribution in [0.25, 0.3) is 0 Å². The van der Waals surface area contributed by atoms with Gasteiger partial charge in [-0.1, -0.05) is 0 Å². The molecule has 0 unspecified atom stereocenters. The molecule has 0 aliphatic rings. The molecule has 0 spiro atoms. The summed E-state index contributed by atoms with van der Waals surface area (Å²) < 4.78 is 190. The summed E-state index contributed by atoms with van der Waals surface area (Å²) in [5, 5.41) is 0. The Labute approximate surface area is 134 Å². The first-order chi connectivity index (χ1) is 8.55. The molecule has 0 rings (SSSR count). The van der Waals surface area contributed by atoms with Crippen molar-refractivity contribution >= 4 is 56.1 Å². The molecule has 0 atom stereocenters. The summed E-state index contributed by atoms with van der Waals surface area (Å²) in [6.07, 6.45) is 0. The van der Waals surface area contributed by atoms with E-state index >= 15 is 0 Å². The third-order valence-electron chi connectivity index (χ3n) is 0.545. The van der Waals surface area contributed by atoms with Gasteiger partial charge in [0.15, 0.2) is 0 Å². The fourth-order valence-electron chi connectivity index (χ4n) is 0.429. The van der Waals surface area contributed by atoms with Crippen molar-refractivity contribution in [2.75, 3.05) is 0 Å². The second kappa shape index (κ2) is 4.32. The minimum absolute atomic E-state index is 0.622. The van der Waals surface area contributed by atoms with Crippen LogP contribution in [-0.4, -0.2) is 56.1 Å². The van der Waals surface area contributed by atoms with Gasteiger partial charge in [-0.2, -0.15) is 0 Å². The molecule has 3 nitrogen and oxygen atoms in total. The van der Waals surface area contributed by atoms with E-state index in [0.717, 1.165) is 0 Å². The van der Waals surface area contributed by atoms with E-state index in [4.69, 9.17) is 0 Å². The van der Waals surface area contributed by atoms with Gasteiger partial charge < -0.3 is 0 Å². The molecule has 0 aromatic rings. The van der Waals surface area contributed by atoms with Crippen molar-refractivity contribution in [2.24, 2.45) is 0 Å². The van der Waals surface area contributed by atoms with E-state index in [1.54, 1.807) is 0 Å². The van der Waals surface area contributed by atoms with E-state index in [-0.39, 0.29) is 0 Å². The van der Waals surface area contributed by atoms with Crippen LogP contribution < -0.4 is 0 Å². The molecule has 0 aromatic heterocycles. The summed E-state index contributed by atoms with van der Waals surface area (Å²) in [5.41, 5.74) is 0. The van der Waals surface area contributed by atoms with Crippen LogP contribution in [0.2, 0.25) is 0 Å². The van der Waals surface area contributed by atoms with Crippen LogP contribution in [0, 0.1) is 42.4 Å². The monoisotopic (exact) mass is 874 g/mol. The van der Waals surface area contributed by atoms with Crippen molar-refractivity contribution in [3.63, 3.8) is 0 Å². The van der Waals surface area contributed by atoms with Gasteiger partial charge in [0.2, 0.25) is 0 Å². The molecule has 0 N–H and O–H groups in total. The molecule has 0 saturated heterocycles. The van der Waals surface area contributed by atoms with Crippen molar-refractivity contribution in [1.29, 1.82) is 0 Å². The van der Waals surface area contributed by atoms with Crippen LogP contribution in [0.15, 0.2) is 0 Å². The minimum atomic E-state index is -13.1. The molecule has 0 aliphatic heterocycles. The quantitative estimate of drug-likeness (QED) is 0.266. The first kappa shape index (κ1) is 25.7. The van der Waals surface area contributed by atoms with Gasteiger partial charge in [-0.15, -0.1) is 0 Å². The average molecular weight is 866 g/mol. The number of hydrogen-bond donors (Lipinski definition) is 0. The Bertz CT molecular complexity index is 432. The molecule has 0 aromatic carbocycles. The number of rotatable bonds is 6. The Morgan fingerprint density at radius 2 is 0.522 bits per heavy atom. The van der Waals surface area contributed by atoms with Gasteiger partial charge in [0.25, 0.3) is 0 Å². The maximum atomic E-state index is 12.8. The molecule has 23 heteroatoms. The van der Waals surface area contributed by atoms with Gasteiger partial charge in [-0.05, 0) is 0 Å². The fraction of sp³-hybridized carbons (Fsp3) is 0. The van der Waals surface area contributed by atoms with Crippen molar-refractivity contribution in [1.82, 2.24) is 0 Å². The summed E-state index contributed by atoms with van der Waals surface area (Å²) in [6.45, 7) is 0. The zero-order valence-corrected chi connectivity index (χ0v) is 17.9. The zero-order valence-electron chi connectivity index (χ0n) is 8.85. The van der Waals surface area contributed by atoms with Gasteiger partial charge >= 0.3 is 137 Å². The third kappa shape index (κ3) is 17.9. The van der Waals surface area contributed by atoms with Gasteiger partial charge in [-0.25, -0.2) is 0 Å². The Balaban J connectivity index is 6.29. The SMILES string of the molecule is F[Xe](O[Te](F)(F)(F)(F)F)(O[Te](F)(F)(F)(F)F)O[Te](F)(F)(F)(F)F. The van der Waals surface area contributed by atoms with Crippen LogP contribution in [0.3, 0.4) is 0 Å². The van der Waals surface area contributed by atoms with Gasteiger partial charge in [-0.3, -0.25) is 0 Å². The van der Waals surface area contributed by atoms with Gasteiger partial charge in [0.1, 0.15) is 0 Å². The Hall–Kier alpha value is 2.70. The molecular formula is F16O3Te3Xe. The van der Waals surface area contributed by atoms with E-state index in [1.807, 2.05) is 0 Å². The molecule has 0 heterocycles. The molecule has 0 amide bonds. The Kier molecular flexibility index (Phi) is 4.82. The summed E-state index contributed by atoms with van der Waals surface area (Å²) in [4.78, 5) is 0. The number of halogens is 16. The van der Waals surface area contributed by atoms with Crippen molar-refractivity contribution < 1.29 is 81.1 Å². The van der Waals surface area contributed by atoms with Crippen LogP contribution in [0.5, 0.6) is 0 Å². The summed E-state index contributed by atoms with van der Waals surface area (Å²) >= 11 is -49.6. The molecule has 0 bridgehead atoms. The van der Waals surface area contributed by atoms with E-state index in [1.165, 1.54) is 0 Å². The van der Waals surface area contributed by atoms with E-state index in [9.17, 15) is 43.5 Å². The van der Waals surface area contributed by atoms with Crippen molar-refractivity contribution in [3.8, 4) is 0 Å². The summed E-state index contributed by atoms with van der Waals surface area (Å²) in [6, 6.07) is 0. The second-order valence-corrected chi connectivity index (χ2v) is 28.3. The fourth-order valence-corrected chi connectivity index (χ4v) is 26.9.